The van der Waals surface area contributed by atoms with Crippen LogP contribution in [-0.4, -0.2) is 56.8 Å². The average molecular weight is 350 g/mol. The van der Waals surface area contributed by atoms with Crippen LogP contribution in [0.1, 0.15) is 12.8 Å². The standard InChI is InChI=1S/C12H18N2O6S2/c1-21(17,18)14-6-4-8(5-7-14)9-2-3-10(22(13,19)20)11(9)12(15)16/h2-3,8,10H,4-7H2,1H3,(H,15,16)(H2,13,19,20). The number of primary sulfonamides is 1. The predicted molar refractivity (Wildman–Crippen MR) is 79.8 cm³/mol. The number of piperidine rings is 1. The number of allylic oxidation sites excluding steroid dienone is 2. The molecule has 0 amide bonds. The van der Waals surface area contributed by atoms with Gasteiger partial charge in [0.1, 0.15) is 5.25 Å². The summed E-state index contributed by atoms with van der Waals surface area (Å²) in [5, 5.41) is 13.0. The molecule has 2 aliphatic rings. The van der Waals surface area contributed by atoms with Crippen molar-refractivity contribution in [2.75, 3.05) is 19.3 Å². The van der Waals surface area contributed by atoms with Crippen molar-refractivity contribution >= 4 is 26.0 Å². The topological polar surface area (TPSA) is 135 Å². The Bertz CT molecular complexity index is 742. The second kappa shape index (κ2) is 5.76. The van der Waals surface area contributed by atoms with Crippen LogP contribution in [0.2, 0.25) is 0 Å². The van der Waals surface area contributed by atoms with Gasteiger partial charge in [0.05, 0.1) is 11.8 Å². The van der Waals surface area contributed by atoms with Crippen LogP contribution in [0.4, 0.5) is 0 Å². The molecule has 1 heterocycles. The van der Waals surface area contributed by atoms with Crippen LogP contribution in [0.15, 0.2) is 23.3 Å². The SMILES string of the molecule is CS(=O)(=O)N1CCC(C2=C(C(=O)O)C(S(N)(=O)=O)C=C2)CC1. The first-order chi connectivity index (χ1) is 10.0. The molecule has 0 bridgehead atoms. The van der Waals surface area contributed by atoms with E-state index in [4.69, 9.17) is 5.14 Å². The highest BCUT2D eigenvalue weighted by molar-refractivity contribution is 7.90. The van der Waals surface area contributed by atoms with E-state index in [0.717, 1.165) is 6.26 Å². The first-order valence-corrected chi connectivity index (χ1v) is 10.1. The number of sulfonamides is 2. The van der Waals surface area contributed by atoms with Crippen molar-refractivity contribution in [1.82, 2.24) is 4.31 Å². The lowest BCUT2D eigenvalue weighted by atomic mass is 9.88. The molecular weight excluding hydrogens is 332 g/mol. The Hall–Kier alpha value is -1.23. The second-order valence-corrected chi connectivity index (χ2v) is 9.15. The van der Waals surface area contributed by atoms with Crippen molar-refractivity contribution in [2.24, 2.45) is 11.1 Å². The zero-order valence-corrected chi connectivity index (χ0v) is 13.6. The Morgan fingerprint density at radius 3 is 2.23 bits per heavy atom. The van der Waals surface area contributed by atoms with Gasteiger partial charge in [0.25, 0.3) is 0 Å². The molecule has 8 nitrogen and oxygen atoms in total. The van der Waals surface area contributed by atoms with E-state index in [9.17, 15) is 26.7 Å². The molecule has 0 aromatic carbocycles. The molecular formula is C12H18N2O6S2. The van der Waals surface area contributed by atoms with Crippen LogP contribution in [0, 0.1) is 5.92 Å². The molecule has 1 aliphatic carbocycles. The molecule has 10 heteroatoms. The summed E-state index contributed by atoms with van der Waals surface area (Å²) < 4.78 is 47.3. The van der Waals surface area contributed by atoms with Crippen molar-refractivity contribution in [3.63, 3.8) is 0 Å². The van der Waals surface area contributed by atoms with E-state index >= 15 is 0 Å². The molecule has 0 saturated carbocycles. The van der Waals surface area contributed by atoms with Gasteiger partial charge in [-0.1, -0.05) is 12.2 Å². The van der Waals surface area contributed by atoms with Gasteiger partial charge in [-0.2, -0.15) is 0 Å². The smallest absolute Gasteiger partial charge is 0.333 e. The fourth-order valence-electron chi connectivity index (χ4n) is 2.91. The maximum atomic E-state index is 11.5. The monoisotopic (exact) mass is 350 g/mol. The Morgan fingerprint density at radius 2 is 1.82 bits per heavy atom. The molecule has 1 saturated heterocycles. The van der Waals surface area contributed by atoms with Crippen LogP contribution in [-0.2, 0) is 24.8 Å². The zero-order chi connectivity index (χ0) is 16.7. The molecule has 22 heavy (non-hydrogen) atoms. The highest BCUT2D eigenvalue weighted by Crippen LogP contribution is 2.35. The molecule has 1 unspecified atom stereocenters. The normalized spacial score (nSPS) is 24.9. The van der Waals surface area contributed by atoms with E-state index in [1.54, 1.807) is 0 Å². The average Bonchev–Trinajstić information content (AvgIpc) is 2.82. The highest BCUT2D eigenvalue weighted by Gasteiger charge is 2.37. The van der Waals surface area contributed by atoms with Gasteiger partial charge in [-0.15, -0.1) is 0 Å². The van der Waals surface area contributed by atoms with E-state index < -0.39 is 31.3 Å². The number of rotatable bonds is 4. The summed E-state index contributed by atoms with van der Waals surface area (Å²) in [6.07, 6.45) is 4.78. The zero-order valence-electron chi connectivity index (χ0n) is 12.0. The third-order valence-electron chi connectivity index (χ3n) is 3.99. The molecule has 0 radical (unpaired) electrons. The largest absolute Gasteiger partial charge is 0.478 e. The van der Waals surface area contributed by atoms with Crippen LogP contribution >= 0.6 is 0 Å². The lowest BCUT2D eigenvalue weighted by Crippen LogP contribution is -2.38. The van der Waals surface area contributed by atoms with Gasteiger partial charge in [-0.3, -0.25) is 0 Å². The van der Waals surface area contributed by atoms with Gasteiger partial charge in [0.2, 0.25) is 20.0 Å². The molecule has 0 aromatic heterocycles. The number of hydrogen-bond acceptors (Lipinski definition) is 5. The summed E-state index contributed by atoms with van der Waals surface area (Å²) in [5.41, 5.74) is 0.208. The van der Waals surface area contributed by atoms with Crippen molar-refractivity contribution in [1.29, 1.82) is 0 Å². The summed E-state index contributed by atoms with van der Waals surface area (Å²) >= 11 is 0. The number of nitrogens with two attached hydrogens (primary N) is 1. The van der Waals surface area contributed by atoms with E-state index in [1.165, 1.54) is 16.5 Å². The van der Waals surface area contributed by atoms with Crippen molar-refractivity contribution in [3.05, 3.63) is 23.3 Å². The quantitative estimate of drug-likeness (QED) is 0.686. The number of carbonyl (C=O) groups is 1. The molecule has 0 spiro atoms. The van der Waals surface area contributed by atoms with E-state index in [1.807, 2.05) is 0 Å². The summed E-state index contributed by atoms with van der Waals surface area (Å²) in [4.78, 5) is 11.4. The Morgan fingerprint density at radius 1 is 1.27 bits per heavy atom. The van der Waals surface area contributed by atoms with Gasteiger partial charge in [0.15, 0.2) is 0 Å². The molecule has 1 fully saturated rings. The maximum absolute atomic E-state index is 11.5. The summed E-state index contributed by atoms with van der Waals surface area (Å²) in [6.45, 7) is 0.571. The third kappa shape index (κ3) is 3.40. The molecule has 3 N–H and O–H groups in total. The maximum Gasteiger partial charge on any atom is 0.333 e. The molecule has 0 aromatic rings. The molecule has 2 rings (SSSR count). The van der Waals surface area contributed by atoms with Crippen LogP contribution in [0.25, 0.3) is 0 Å². The molecule has 124 valence electrons. The van der Waals surface area contributed by atoms with Crippen molar-refractivity contribution in [2.45, 2.75) is 18.1 Å². The Kier molecular flexibility index (Phi) is 4.49. The molecule has 1 aliphatic heterocycles. The van der Waals surface area contributed by atoms with E-state index in [2.05, 4.69) is 0 Å². The summed E-state index contributed by atoms with van der Waals surface area (Å²) in [7, 11) is -7.30. The van der Waals surface area contributed by atoms with Gasteiger partial charge < -0.3 is 5.11 Å². The molecule has 1 atom stereocenters. The Labute approximate surface area is 129 Å². The number of aliphatic carboxylic acids is 1. The number of carboxylic acid groups (broad SMARTS) is 1. The first-order valence-electron chi connectivity index (χ1n) is 6.64. The van der Waals surface area contributed by atoms with Gasteiger partial charge in [-0.05, 0) is 24.3 Å². The number of carboxylic acids is 1. The van der Waals surface area contributed by atoms with Crippen LogP contribution in [0.3, 0.4) is 0 Å². The van der Waals surface area contributed by atoms with Gasteiger partial charge in [-0.25, -0.2) is 31.1 Å². The number of nitrogens with zero attached hydrogens (tertiary/aromatic N) is 1. The number of hydrogen-bond donors (Lipinski definition) is 2. The van der Waals surface area contributed by atoms with Gasteiger partial charge >= 0.3 is 5.97 Å². The van der Waals surface area contributed by atoms with E-state index in [0.29, 0.717) is 18.4 Å². The minimum Gasteiger partial charge on any atom is -0.478 e. The third-order valence-corrected chi connectivity index (χ3v) is 6.40. The lowest BCUT2D eigenvalue weighted by molar-refractivity contribution is -0.132. The van der Waals surface area contributed by atoms with E-state index in [-0.39, 0.29) is 24.6 Å². The summed E-state index contributed by atoms with van der Waals surface area (Å²) in [6, 6.07) is 0. The van der Waals surface area contributed by atoms with Gasteiger partial charge in [0, 0.05) is 13.1 Å². The van der Waals surface area contributed by atoms with Crippen molar-refractivity contribution in [3.8, 4) is 0 Å². The Balaban J connectivity index is 2.27. The minimum absolute atomic E-state index is 0.188. The first kappa shape index (κ1) is 17.1. The minimum atomic E-state index is -4.03. The fraction of sp³-hybridized carbons (Fsp3) is 0.583. The lowest BCUT2D eigenvalue weighted by Gasteiger charge is -2.31. The highest BCUT2D eigenvalue weighted by atomic mass is 32.2. The van der Waals surface area contributed by atoms with Crippen LogP contribution in [0.5, 0.6) is 0 Å². The fourth-order valence-corrected chi connectivity index (χ4v) is 4.65. The summed E-state index contributed by atoms with van der Waals surface area (Å²) in [5.74, 6) is -1.50. The predicted octanol–water partition coefficient (Wildman–Crippen LogP) is -0.734. The van der Waals surface area contributed by atoms with Crippen molar-refractivity contribution < 1.29 is 26.7 Å². The second-order valence-electron chi connectivity index (χ2n) is 5.48. The van der Waals surface area contributed by atoms with Crippen LogP contribution < -0.4 is 5.14 Å².